The summed E-state index contributed by atoms with van der Waals surface area (Å²) in [7, 11) is 0. The number of nitrogens with zero attached hydrogens (tertiary/aromatic N) is 2. The molecule has 0 radical (unpaired) electrons. The van der Waals surface area contributed by atoms with Gasteiger partial charge in [0.15, 0.2) is 12.4 Å². The number of benzene rings is 1. The number of fused-ring (bicyclic) bond motifs is 1. The zero-order valence-corrected chi connectivity index (χ0v) is 9.74. The highest BCUT2D eigenvalue weighted by Gasteiger charge is 2.25. The Labute approximate surface area is 105 Å². The summed E-state index contributed by atoms with van der Waals surface area (Å²) in [6.45, 7) is 0.673. The van der Waals surface area contributed by atoms with E-state index in [1.54, 1.807) is 17.0 Å². The molecule has 0 aliphatic carbocycles. The fraction of sp³-hybridized carbons (Fsp3) is 0.143. The maximum absolute atomic E-state index is 12.3. The number of anilines is 1. The van der Waals surface area contributed by atoms with E-state index < -0.39 is 0 Å². The van der Waals surface area contributed by atoms with Crippen LogP contribution in [0.15, 0.2) is 48.8 Å². The van der Waals surface area contributed by atoms with Crippen LogP contribution >= 0.6 is 0 Å². The Morgan fingerprint density at radius 3 is 2.89 bits per heavy atom. The summed E-state index contributed by atoms with van der Waals surface area (Å²) >= 11 is 0. The van der Waals surface area contributed by atoms with E-state index in [1.165, 1.54) is 18.0 Å². The van der Waals surface area contributed by atoms with Gasteiger partial charge in [0, 0.05) is 18.3 Å². The highest BCUT2D eigenvalue weighted by atomic mass is 16.5. The first kappa shape index (κ1) is 10.8. The minimum absolute atomic E-state index is 0.120. The predicted molar refractivity (Wildman–Crippen MR) is 67.2 cm³/mol. The molecular weight excluding hydrogens is 228 g/mol. The molecule has 2 aromatic rings. The molecule has 90 valence electrons. The van der Waals surface area contributed by atoms with Crippen LogP contribution in [0, 0.1) is 5.21 Å². The zero-order valence-electron chi connectivity index (χ0n) is 9.74. The van der Waals surface area contributed by atoms with E-state index in [0.717, 1.165) is 12.1 Å². The lowest BCUT2D eigenvalue weighted by Crippen LogP contribution is -2.32. The van der Waals surface area contributed by atoms with Crippen molar-refractivity contribution in [2.45, 2.75) is 6.42 Å². The Kier molecular flexibility index (Phi) is 2.48. The Morgan fingerprint density at radius 1 is 1.22 bits per heavy atom. The van der Waals surface area contributed by atoms with E-state index in [4.69, 9.17) is 0 Å². The molecule has 4 nitrogen and oxygen atoms in total. The standard InChI is InChI=1S/C14H12N2O2/c17-14(12-5-3-8-15(18)10-12)16-9-7-11-4-1-2-6-13(11)16/h1-6,8,10H,7,9H2. The summed E-state index contributed by atoms with van der Waals surface area (Å²) < 4.78 is 0.648. The molecule has 1 aliphatic heterocycles. The minimum atomic E-state index is -0.120. The molecular formula is C14H12N2O2. The average molecular weight is 240 g/mol. The maximum Gasteiger partial charge on any atom is 0.264 e. The molecule has 0 spiro atoms. The number of pyridine rings is 1. The molecule has 1 amide bonds. The van der Waals surface area contributed by atoms with E-state index in [-0.39, 0.29) is 5.91 Å². The summed E-state index contributed by atoms with van der Waals surface area (Å²) in [5.41, 5.74) is 2.55. The van der Waals surface area contributed by atoms with Crippen LogP contribution in [0.1, 0.15) is 15.9 Å². The second-order valence-electron chi connectivity index (χ2n) is 4.29. The first-order valence-corrected chi connectivity index (χ1v) is 5.84. The number of aromatic nitrogens is 1. The van der Waals surface area contributed by atoms with Crippen LogP contribution in [0.3, 0.4) is 0 Å². The van der Waals surface area contributed by atoms with Crippen molar-refractivity contribution in [1.29, 1.82) is 0 Å². The highest BCUT2D eigenvalue weighted by Crippen LogP contribution is 2.28. The Bertz CT molecular complexity index is 610. The number of rotatable bonds is 1. The lowest BCUT2D eigenvalue weighted by molar-refractivity contribution is -0.605. The Hall–Kier alpha value is -2.36. The van der Waals surface area contributed by atoms with Crippen LogP contribution in [0.2, 0.25) is 0 Å². The van der Waals surface area contributed by atoms with E-state index >= 15 is 0 Å². The Balaban J connectivity index is 1.96. The van der Waals surface area contributed by atoms with Gasteiger partial charge in [-0.1, -0.05) is 18.2 Å². The Morgan fingerprint density at radius 2 is 2.06 bits per heavy atom. The smallest absolute Gasteiger partial charge is 0.264 e. The number of hydrogen-bond donors (Lipinski definition) is 0. The number of carbonyl (C=O) groups is 1. The van der Waals surface area contributed by atoms with Crippen LogP contribution in [0.25, 0.3) is 0 Å². The van der Waals surface area contributed by atoms with E-state index in [9.17, 15) is 10.0 Å². The van der Waals surface area contributed by atoms with Crippen molar-refractivity contribution in [3.05, 3.63) is 65.1 Å². The minimum Gasteiger partial charge on any atom is -0.619 e. The molecule has 1 aromatic heterocycles. The molecule has 0 N–H and O–H groups in total. The van der Waals surface area contributed by atoms with Gasteiger partial charge in [0.05, 0.1) is 0 Å². The van der Waals surface area contributed by atoms with Gasteiger partial charge in [0.25, 0.3) is 5.91 Å². The van der Waals surface area contributed by atoms with Crippen molar-refractivity contribution in [2.24, 2.45) is 0 Å². The predicted octanol–water partition coefficient (Wildman–Crippen LogP) is 1.52. The molecule has 0 saturated heterocycles. The first-order valence-electron chi connectivity index (χ1n) is 5.84. The quantitative estimate of drug-likeness (QED) is 0.560. The third-order valence-electron chi connectivity index (χ3n) is 3.15. The third-order valence-corrected chi connectivity index (χ3v) is 3.15. The highest BCUT2D eigenvalue weighted by molar-refractivity contribution is 6.06. The molecule has 1 aliphatic rings. The first-order chi connectivity index (χ1) is 8.75. The number of carbonyl (C=O) groups excluding carboxylic acids is 1. The van der Waals surface area contributed by atoms with Crippen LogP contribution in [-0.2, 0) is 6.42 Å². The SMILES string of the molecule is O=C(c1ccc[n+]([O-])c1)N1CCc2ccccc21. The second-order valence-corrected chi connectivity index (χ2v) is 4.29. The molecule has 2 heterocycles. The van der Waals surface area contributed by atoms with Crippen molar-refractivity contribution < 1.29 is 9.52 Å². The fourth-order valence-electron chi connectivity index (χ4n) is 2.29. The summed E-state index contributed by atoms with van der Waals surface area (Å²) in [5.74, 6) is -0.120. The third kappa shape index (κ3) is 1.72. The molecule has 0 atom stereocenters. The van der Waals surface area contributed by atoms with Gasteiger partial charge in [0.2, 0.25) is 0 Å². The van der Waals surface area contributed by atoms with Gasteiger partial charge in [-0.05, 0) is 24.1 Å². The van der Waals surface area contributed by atoms with Gasteiger partial charge in [-0.15, -0.1) is 0 Å². The maximum atomic E-state index is 12.3. The molecule has 3 rings (SSSR count). The van der Waals surface area contributed by atoms with Gasteiger partial charge in [-0.3, -0.25) is 4.79 Å². The number of hydrogen-bond acceptors (Lipinski definition) is 2. The number of amides is 1. The second kappa shape index (κ2) is 4.14. The molecule has 0 unspecified atom stereocenters. The van der Waals surface area contributed by atoms with E-state index in [2.05, 4.69) is 0 Å². The van der Waals surface area contributed by atoms with Crippen molar-refractivity contribution >= 4 is 11.6 Å². The summed E-state index contributed by atoms with van der Waals surface area (Å²) in [4.78, 5) is 14.1. The lowest BCUT2D eigenvalue weighted by Gasteiger charge is -2.16. The van der Waals surface area contributed by atoms with Crippen molar-refractivity contribution in [2.75, 3.05) is 11.4 Å². The molecule has 4 heteroatoms. The zero-order chi connectivity index (χ0) is 12.5. The molecule has 0 bridgehead atoms. The summed E-state index contributed by atoms with van der Waals surface area (Å²) in [6.07, 6.45) is 3.55. The van der Waals surface area contributed by atoms with Crippen LogP contribution in [-0.4, -0.2) is 12.5 Å². The molecule has 0 fully saturated rings. The van der Waals surface area contributed by atoms with Crippen LogP contribution < -0.4 is 9.63 Å². The monoisotopic (exact) mass is 240 g/mol. The van der Waals surface area contributed by atoms with Gasteiger partial charge in [-0.25, -0.2) is 0 Å². The van der Waals surface area contributed by atoms with E-state index in [1.807, 2.05) is 24.3 Å². The van der Waals surface area contributed by atoms with Gasteiger partial charge < -0.3 is 10.1 Å². The van der Waals surface area contributed by atoms with Crippen LogP contribution in [0.5, 0.6) is 0 Å². The van der Waals surface area contributed by atoms with Crippen molar-refractivity contribution in [3.63, 3.8) is 0 Å². The number of para-hydroxylation sites is 1. The van der Waals surface area contributed by atoms with Gasteiger partial charge in [0.1, 0.15) is 5.56 Å². The molecule has 1 aromatic carbocycles. The largest absolute Gasteiger partial charge is 0.619 e. The van der Waals surface area contributed by atoms with E-state index in [0.29, 0.717) is 16.8 Å². The van der Waals surface area contributed by atoms with Crippen molar-refractivity contribution in [3.8, 4) is 0 Å². The van der Waals surface area contributed by atoms with Gasteiger partial charge in [-0.2, -0.15) is 4.73 Å². The molecule has 0 saturated carbocycles. The topological polar surface area (TPSA) is 47.2 Å². The lowest BCUT2D eigenvalue weighted by atomic mass is 10.2. The normalized spacial score (nSPS) is 13.4. The molecule has 18 heavy (non-hydrogen) atoms. The van der Waals surface area contributed by atoms with Crippen molar-refractivity contribution in [1.82, 2.24) is 0 Å². The fourth-order valence-corrected chi connectivity index (χ4v) is 2.29. The summed E-state index contributed by atoms with van der Waals surface area (Å²) in [5, 5.41) is 11.2. The average Bonchev–Trinajstić information content (AvgIpc) is 2.82. The summed E-state index contributed by atoms with van der Waals surface area (Å²) in [6, 6.07) is 11.1. The van der Waals surface area contributed by atoms with Gasteiger partial charge >= 0.3 is 0 Å². The van der Waals surface area contributed by atoms with Crippen LogP contribution in [0.4, 0.5) is 5.69 Å².